The van der Waals surface area contributed by atoms with Crippen LogP contribution in [0.4, 0.5) is 0 Å². The lowest BCUT2D eigenvalue weighted by molar-refractivity contribution is -0.262. The minimum atomic E-state index is -0.835. The van der Waals surface area contributed by atoms with Crippen molar-refractivity contribution in [1.29, 1.82) is 0 Å². The lowest BCUT2D eigenvalue weighted by Gasteiger charge is -2.44. The van der Waals surface area contributed by atoms with Crippen molar-refractivity contribution < 1.29 is 14.4 Å². The van der Waals surface area contributed by atoms with E-state index in [1.54, 1.807) is 0 Å². The molecule has 0 fully saturated rings. The van der Waals surface area contributed by atoms with Gasteiger partial charge >= 0.3 is 5.97 Å². The molecule has 3 unspecified atom stereocenters. The van der Waals surface area contributed by atoms with Crippen LogP contribution >= 0.6 is 0 Å². The first kappa shape index (κ1) is 25.1. The van der Waals surface area contributed by atoms with E-state index < -0.39 is 5.41 Å². The highest BCUT2D eigenvalue weighted by Crippen LogP contribution is 2.40. The van der Waals surface area contributed by atoms with E-state index in [-0.39, 0.29) is 30.1 Å². The Kier molecular flexibility index (Phi) is 8.44. The number of rotatable bonds is 9. The highest BCUT2D eigenvalue weighted by atomic mass is 16.7. The number of ether oxygens (including phenoxy) is 1. The average molecular weight is 426 g/mol. The van der Waals surface area contributed by atoms with Gasteiger partial charge in [0, 0.05) is 5.54 Å². The van der Waals surface area contributed by atoms with E-state index >= 15 is 0 Å². The first-order valence-corrected chi connectivity index (χ1v) is 11.1. The molecule has 0 radical (unpaired) electrons. The third-order valence-electron chi connectivity index (χ3n) is 6.10. The summed E-state index contributed by atoms with van der Waals surface area (Å²) in [4.78, 5) is 19.5. The van der Waals surface area contributed by atoms with Gasteiger partial charge in [0.05, 0.1) is 25.2 Å². The zero-order valence-corrected chi connectivity index (χ0v) is 20.4. The Labute approximate surface area is 188 Å². The van der Waals surface area contributed by atoms with Gasteiger partial charge in [-0.2, -0.15) is 5.06 Å². The normalized spacial score (nSPS) is 16.1. The first-order valence-electron chi connectivity index (χ1n) is 11.1. The van der Waals surface area contributed by atoms with Gasteiger partial charge in [-0.15, -0.1) is 0 Å². The van der Waals surface area contributed by atoms with Crippen molar-refractivity contribution in [3.8, 4) is 0 Å². The summed E-state index contributed by atoms with van der Waals surface area (Å²) in [6.45, 7) is 15.0. The number of esters is 1. The molecule has 4 heteroatoms. The predicted molar refractivity (Wildman–Crippen MR) is 127 cm³/mol. The van der Waals surface area contributed by atoms with E-state index in [0.717, 1.165) is 5.56 Å². The molecule has 0 aliphatic carbocycles. The molecule has 0 aromatic heterocycles. The fourth-order valence-corrected chi connectivity index (χ4v) is 4.04. The maximum absolute atomic E-state index is 13.0. The molecule has 0 N–H and O–H groups in total. The van der Waals surface area contributed by atoms with Gasteiger partial charge in [-0.25, -0.2) is 0 Å². The minimum Gasteiger partial charge on any atom is -0.469 e. The van der Waals surface area contributed by atoms with Crippen LogP contribution in [0.2, 0.25) is 0 Å². The first-order chi connectivity index (χ1) is 14.5. The van der Waals surface area contributed by atoms with E-state index in [2.05, 4.69) is 70.9 Å². The van der Waals surface area contributed by atoms with Crippen LogP contribution in [-0.2, 0) is 14.4 Å². The van der Waals surface area contributed by atoms with E-state index in [4.69, 9.17) is 9.57 Å². The molecule has 0 amide bonds. The molecule has 31 heavy (non-hydrogen) atoms. The second-order valence-corrected chi connectivity index (χ2v) is 9.91. The van der Waals surface area contributed by atoms with Crippen LogP contribution in [0.5, 0.6) is 0 Å². The Morgan fingerprint density at radius 1 is 0.871 bits per heavy atom. The van der Waals surface area contributed by atoms with Crippen LogP contribution in [0.15, 0.2) is 60.7 Å². The van der Waals surface area contributed by atoms with Crippen LogP contribution in [0.1, 0.15) is 71.6 Å². The van der Waals surface area contributed by atoms with Crippen LogP contribution in [0, 0.1) is 11.3 Å². The second kappa shape index (κ2) is 10.4. The van der Waals surface area contributed by atoms with Crippen LogP contribution in [-0.4, -0.2) is 30.3 Å². The van der Waals surface area contributed by atoms with Gasteiger partial charge in [-0.1, -0.05) is 81.4 Å². The lowest BCUT2D eigenvalue weighted by Crippen LogP contribution is -2.49. The Morgan fingerprint density at radius 2 is 1.35 bits per heavy atom. The van der Waals surface area contributed by atoms with Crippen LogP contribution in [0.25, 0.3) is 0 Å². The van der Waals surface area contributed by atoms with Gasteiger partial charge in [0.2, 0.25) is 0 Å². The minimum absolute atomic E-state index is 0.0510. The Bertz CT molecular complexity index is 813. The number of benzene rings is 2. The van der Waals surface area contributed by atoms with Crippen molar-refractivity contribution in [2.24, 2.45) is 11.3 Å². The van der Waals surface area contributed by atoms with Crippen molar-refractivity contribution in [3.63, 3.8) is 0 Å². The number of carbonyl (C=O) groups is 1. The van der Waals surface area contributed by atoms with Crippen molar-refractivity contribution in [1.82, 2.24) is 5.06 Å². The summed E-state index contributed by atoms with van der Waals surface area (Å²) in [5.74, 6) is -0.0201. The molecule has 2 rings (SSSR count). The summed E-state index contributed by atoms with van der Waals surface area (Å²) in [6.07, 6.45) is 0. The highest BCUT2D eigenvalue weighted by Gasteiger charge is 2.44. The fourth-order valence-electron chi connectivity index (χ4n) is 4.04. The number of hydrogen-bond donors (Lipinski definition) is 0. The summed E-state index contributed by atoms with van der Waals surface area (Å²) in [7, 11) is 1.45. The van der Waals surface area contributed by atoms with Crippen molar-refractivity contribution in [3.05, 3.63) is 71.8 Å². The fraction of sp³-hybridized carbons (Fsp3) is 0.519. The topological polar surface area (TPSA) is 38.8 Å². The van der Waals surface area contributed by atoms with E-state index in [1.165, 1.54) is 12.7 Å². The zero-order chi connectivity index (χ0) is 23.2. The number of carbonyl (C=O) groups excluding carboxylic acids is 1. The SMILES string of the molecule is COC(=O)C(C)(CON(C(c1ccccc1)C(C)C)C(C)(C)C)C(C)c1ccccc1. The molecule has 170 valence electrons. The number of nitrogens with zero attached hydrogens (tertiary/aromatic N) is 1. The third-order valence-corrected chi connectivity index (χ3v) is 6.10. The van der Waals surface area contributed by atoms with Crippen molar-refractivity contribution in [2.75, 3.05) is 13.7 Å². The molecular weight excluding hydrogens is 386 g/mol. The Hall–Kier alpha value is -2.17. The molecule has 2 aromatic rings. The predicted octanol–water partition coefficient (Wildman–Crippen LogP) is 6.40. The Morgan fingerprint density at radius 3 is 1.77 bits per heavy atom. The monoisotopic (exact) mass is 425 g/mol. The molecule has 0 saturated carbocycles. The molecule has 0 aliphatic rings. The Balaban J connectivity index is 2.39. The van der Waals surface area contributed by atoms with E-state index in [1.807, 2.05) is 43.3 Å². The number of hydrogen-bond acceptors (Lipinski definition) is 4. The molecule has 0 aliphatic heterocycles. The smallest absolute Gasteiger partial charge is 0.314 e. The van der Waals surface area contributed by atoms with Gasteiger partial charge in [0.25, 0.3) is 0 Å². The summed E-state index contributed by atoms with van der Waals surface area (Å²) in [6, 6.07) is 20.5. The summed E-state index contributed by atoms with van der Waals surface area (Å²) < 4.78 is 5.23. The molecular formula is C27H39NO3. The molecule has 0 heterocycles. The molecule has 3 atom stereocenters. The van der Waals surface area contributed by atoms with Crippen LogP contribution in [0.3, 0.4) is 0 Å². The maximum atomic E-state index is 13.0. The van der Waals surface area contributed by atoms with Crippen molar-refractivity contribution >= 4 is 5.97 Å². The average Bonchev–Trinajstić information content (AvgIpc) is 2.75. The van der Waals surface area contributed by atoms with Gasteiger partial charge in [-0.05, 0) is 50.7 Å². The zero-order valence-electron chi connectivity index (χ0n) is 20.4. The molecule has 2 aromatic carbocycles. The molecule has 0 bridgehead atoms. The van der Waals surface area contributed by atoms with Gasteiger partial charge in [-0.3, -0.25) is 9.63 Å². The third kappa shape index (κ3) is 5.96. The van der Waals surface area contributed by atoms with Gasteiger partial charge in [0.15, 0.2) is 0 Å². The number of methoxy groups -OCH3 is 1. The number of hydroxylamine groups is 2. The van der Waals surface area contributed by atoms with E-state index in [0.29, 0.717) is 5.92 Å². The van der Waals surface area contributed by atoms with Gasteiger partial charge < -0.3 is 4.74 Å². The second-order valence-electron chi connectivity index (χ2n) is 9.91. The summed E-state index contributed by atoms with van der Waals surface area (Å²) in [5.41, 5.74) is 1.18. The van der Waals surface area contributed by atoms with Crippen LogP contribution < -0.4 is 0 Å². The quantitative estimate of drug-likeness (QED) is 0.344. The molecule has 4 nitrogen and oxygen atoms in total. The molecule has 0 saturated heterocycles. The highest BCUT2D eigenvalue weighted by molar-refractivity contribution is 5.77. The maximum Gasteiger partial charge on any atom is 0.314 e. The van der Waals surface area contributed by atoms with Crippen molar-refractivity contribution in [2.45, 2.75) is 66.0 Å². The lowest BCUT2D eigenvalue weighted by atomic mass is 9.75. The summed E-state index contributed by atoms with van der Waals surface area (Å²) >= 11 is 0. The van der Waals surface area contributed by atoms with E-state index in [9.17, 15) is 4.79 Å². The summed E-state index contributed by atoms with van der Waals surface area (Å²) in [5, 5.41) is 2.06. The molecule has 0 spiro atoms. The standard InChI is InChI=1S/C27H39NO3/c1-20(2)24(23-17-13-10-14-18-23)28(26(4,5)6)31-19-27(7,25(29)30-8)21(3)22-15-11-9-12-16-22/h9-18,20-21,24H,19H2,1-8H3. The largest absolute Gasteiger partial charge is 0.469 e. The van der Waals surface area contributed by atoms with Gasteiger partial charge in [0.1, 0.15) is 0 Å².